The van der Waals surface area contributed by atoms with Crippen molar-refractivity contribution in [2.45, 2.75) is 85.5 Å². The van der Waals surface area contributed by atoms with Crippen LogP contribution in [0.25, 0.3) is 0 Å². The number of carbonyl (C=O) groups is 1. The number of hydrogen-bond acceptors (Lipinski definition) is 2. The van der Waals surface area contributed by atoms with Gasteiger partial charge in [-0.05, 0) is 25.0 Å². The average Bonchev–Trinajstić information content (AvgIpc) is 2.58. The second-order valence-electron chi connectivity index (χ2n) is 7.72. The molecule has 0 fully saturated rings. The molecular formula is C22H37NO2. The first-order chi connectivity index (χ1) is 11.9. The van der Waals surface area contributed by atoms with Crippen LogP contribution in [0.2, 0.25) is 0 Å². The maximum Gasteiger partial charge on any atom is 0.230 e. The van der Waals surface area contributed by atoms with Gasteiger partial charge in [-0.1, -0.05) is 84.3 Å². The average molecular weight is 348 g/mol. The summed E-state index contributed by atoms with van der Waals surface area (Å²) in [5, 5.41) is 3.08. The molecule has 0 aromatic heterocycles. The zero-order valence-electron chi connectivity index (χ0n) is 16.9. The molecule has 1 rings (SSSR count). The Kier molecular flexibility index (Phi) is 9.62. The highest BCUT2D eigenvalue weighted by atomic mass is 16.5. The number of hydrogen-bond donors (Lipinski definition) is 1. The Labute approximate surface area is 154 Å². The molecule has 25 heavy (non-hydrogen) atoms. The van der Waals surface area contributed by atoms with Gasteiger partial charge in [-0.2, -0.15) is 0 Å². The van der Waals surface area contributed by atoms with E-state index in [-0.39, 0.29) is 11.3 Å². The van der Waals surface area contributed by atoms with Crippen LogP contribution in [0, 0.1) is 12.3 Å². The van der Waals surface area contributed by atoms with Gasteiger partial charge in [-0.25, -0.2) is 0 Å². The summed E-state index contributed by atoms with van der Waals surface area (Å²) in [4.78, 5) is 12.7. The summed E-state index contributed by atoms with van der Waals surface area (Å²) in [7, 11) is 1.64. The zero-order chi connectivity index (χ0) is 18.7. The van der Waals surface area contributed by atoms with E-state index in [0.717, 1.165) is 29.8 Å². The lowest BCUT2D eigenvalue weighted by Crippen LogP contribution is -2.31. The van der Waals surface area contributed by atoms with Gasteiger partial charge in [0.15, 0.2) is 0 Å². The van der Waals surface area contributed by atoms with Gasteiger partial charge in [0, 0.05) is 5.41 Å². The molecule has 1 aromatic carbocycles. The maximum atomic E-state index is 12.7. The molecule has 0 aliphatic rings. The number of unbranched alkanes of at least 4 members (excludes halogenated alkanes) is 7. The van der Waals surface area contributed by atoms with Crippen molar-refractivity contribution in [3.8, 4) is 5.75 Å². The molecule has 1 amide bonds. The number of aryl methyl sites for hydroxylation is 1. The van der Waals surface area contributed by atoms with Gasteiger partial charge in [0.05, 0.1) is 12.8 Å². The van der Waals surface area contributed by atoms with Crippen LogP contribution >= 0.6 is 0 Å². The quantitative estimate of drug-likeness (QED) is 0.438. The van der Waals surface area contributed by atoms with Gasteiger partial charge in [0.2, 0.25) is 5.91 Å². The summed E-state index contributed by atoms with van der Waals surface area (Å²) in [5.41, 5.74) is 1.45. The third-order valence-corrected chi connectivity index (χ3v) is 4.96. The molecule has 1 aromatic rings. The van der Waals surface area contributed by atoms with Gasteiger partial charge in [-0.3, -0.25) is 4.79 Å². The number of para-hydroxylation sites is 1. The van der Waals surface area contributed by atoms with Crippen molar-refractivity contribution in [2.75, 3.05) is 12.4 Å². The molecular weight excluding hydrogens is 310 g/mol. The lowest BCUT2D eigenvalue weighted by molar-refractivity contribution is -0.124. The zero-order valence-corrected chi connectivity index (χ0v) is 16.9. The predicted molar refractivity (Wildman–Crippen MR) is 107 cm³/mol. The minimum Gasteiger partial charge on any atom is -0.495 e. The lowest BCUT2D eigenvalue weighted by atomic mass is 9.85. The highest BCUT2D eigenvalue weighted by molar-refractivity contribution is 5.96. The lowest BCUT2D eigenvalue weighted by Gasteiger charge is -2.25. The minimum absolute atomic E-state index is 0.0723. The molecule has 142 valence electrons. The largest absolute Gasteiger partial charge is 0.495 e. The summed E-state index contributed by atoms with van der Waals surface area (Å²) < 4.78 is 5.38. The number of ether oxygens (including phenoxy) is 1. The van der Waals surface area contributed by atoms with E-state index >= 15 is 0 Å². The fourth-order valence-electron chi connectivity index (χ4n) is 3.07. The number of methoxy groups -OCH3 is 1. The second-order valence-corrected chi connectivity index (χ2v) is 7.72. The Bertz CT molecular complexity index is 523. The Balaban J connectivity index is 2.41. The highest BCUT2D eigenvalue weighted by Gasteiger charge is 2.28. The van der Waals surface area contributed by atoms with Crippen LogP contribution in [0.15, 0.2) is 18.2 Å². The van der Waals surface area contributed by atoms with Crippen LogP contribution < -0.4 is 10.1 Å². The number of benzene rings is 1. The molecule has 0 radical (unpaired) electrons. The summed E-state index contributed by atoms with van der Waals surface area (Å²) in [6.45, 7) is 8.31. The van der Waals surface area contributed by atoms with Gasteiger partial charge in [-0.15, -0.1) is 0 Å². The molecule has 0 heterocycles. The number of amides is 1. The van der Waals surface area contributed by atoms with Gasteiger partial charge < -0.3 is 10.1 Å². The van der Waals surface area contributed by atoms with Crippen molar-refractivity contribution in [1.82, 2.24) is 0 Å². The van der Waals surface area contributed by atoms with Crippen LogP contribution in [0.3, 0.4) is 0 Å². The first kappa shape index (κ1) is 21.5. The number of carbonyl (C=O) groups excluding carboxylic acids is 1. The third kappa shape index (κ3) is 7.50. The van der Waals surface area contributed by atoms with Crippen LogP contribution in [-0.2, 0) is 4.79 Å². The van der Waals surface area contributed by atoms with E-state index in [1.807, 2.05) is 39.0 Å². The van der Waals surface area contributed by atoms with Crippen molar-refractivity contribution < 1.29 is 9.53 Å². The summed E-state index contributed by atoms with van der Waals surface area (Å²) in [6.07, 6.45) is 11.2. The molecule has 3 heteroatoms. The number of anilines is 1. The van der Waals surface area contributed by atoms with Crippen molar-refractivity contribution >= 4 is 11.6 Å². The minimum atomic E-state index is -0.366. The molecule has 0 unspecified atom stereocenters. The molecule has 0 aliphatic carbocycles. The highest BCUT2D eigenvalue weighted by Crippen LogP contribution is 2.31. The summed E-state index contributed by atoms with van der Waals surface area (Å²) >= 11 is 0. The molecule has 1 N–H and O–H groups in total. The van der Waals surface area contributed by atoms with E-state index < -0.39 is 0 Å². The van der Waals surface area contributed by atoms with E-state index in [9.17, 15) is 4.79 Å². The Morgan fingerprint density at radius 1 is 1.04 bits per heavy atom. The topological polar surface area (TPSA) is 38.3 Å². The Morgan fingerprint density at radius 2 is 1.64 bits per heavy atom. The van der Waals surface area contributed by atoms with Crippen molar-refractivity contribution in [1.29, 1.82) is 0 Å². The first-order valence-corrected chi connectivity index (χ1v) is 9.87. The van der Waals surface area contributed by atoms with Gasteiger partial charge >= 0.3 is 0 Å². The Morgan fingerprint density at radius 3 is 2.24 bits per heavy atom. The fraction of sp³-hybridized carbons (Fsp3) is 0.682. The molecule has 0 saturated carbocycles. The number of nitrogens with one attached hydrogen (secondary N) is 1. The maximum absolute atomic E-state index is 12.7. The monoisotopic (exact) mass is 347 g/mol. The molecule has 0 spiro atoms. The van der Waals surface area contributed by atoms with Crippen molar-refractivity contribution in [3.05, 3.63) is 23.8 Å². The van der Waals surface area contributed by atoms with E-state index in [1.165, 1.54) is 44.9 Å². The molecule has 0 saturated heterocycles. The molecule has 0 atom stereocenters. The third-order valence-electron chi connectivity index (χ3n) is 4.96. The second kappa shape index (κ2) is 11.2. The van der Waals surface area contributed by atoms with Gasteiger partial charge in [0.25, 0.3) is 0 Å². The van der Waals surface area contributed by atoms with Gasteiger partial charge in [0.1, 0.15) is 5.75 Å². The Hall–Kier alpha value is -1.51. The van der Waals surface area contributed by atoms with Crippen LogP contribution in [0.5, 0.6) is 5.75 Å². The fourth-order valence-corrected chi connectivity index (χ4v) is 3.07. The van der Waals surface area contributed by atoms with E-state index in [4.69, 9.17) is 4.74 Å². The first-order valence-electron chi connectivity index (χ1n) is 9.87. The van der Waals surface area contributed by atoms with E-state index in [0.29, 0.717) is 0 Å². The summed E-state index contributed by atoms with van der Waals surface area (Å²) in [5.74, 6) is 0.791. The molecule has 0 bridgehead atoms. The van der Waals surface area contributed by atoms with Crippen LogP contribution in [0.4, 0.5) is 5.69 Å². The number of rotatable bonds is 12. The SMILES string of the molecule is CCCCCCCCCCC(C)(C)C(=O)Nc1c(C)cccc1OC. The standard InChI is InChI=1S/C22H37NO2/c1-6-7-8-9-10-11-12-13-17-22(3,4)21(24)23-20-18(2)15-14-16-19(20)25-5/h14-16H,6-13,17H2,1-5H3,(H,23,24). The predicted octanol–water partition coefficient (Wildman–Crippen LogP) is 6.50. The van der Waals surface area contributed by atoms with Crippen molar-refractivity contribution in [3.63, 3.8) is 0 Å². The molecule has 3 nitrogen and oxygen atoms in total. The normalized spacial score (nSPS) is 11.4. The van der Waals surface area contributed by atoms with Crippen molar-refractivity contribution in [2.24, 2.45) is 5.41 Å². The van der Waals surface area contributed by atoms with E-state index in [2.05, 4.69) is 12.2 Å². The van der Waals surface area contributed by atoms with E-state index in [1.54, 1.807) is 7.11 Å². The molecule has 0 aliphatic heterocycles. The smallest absolute Gasteiger partial charge is 0.230 e. The van der Waals surface area contributed by atoms with Crippen LogP contribution in [-0.4, -0.2) is 13.0 Å². The van der Waals surface area contributed by atoms with Crippen LogP contribution in [0.1, 0.15) is 84.1 Å². The summed E-state index contributed by atoms with van der Waals surface area (Å²) in [6, 6.07) is 5.81.